The molecule has 5 fully saturated rings. The van der Waals surface area contributed by atoms with Crippen LogP contribution in [-0.4, -0.2) is 67.6 Å². The minimum atomic E-state index is -2.94. The molecule has 7 heteroatoms. The average Bonchev–Trinajstić information content (AvgIpc) is 3.45. The normalized spacial score (nSPS) is 41.3. The molecular formula is C44H68N2O4S. The van der Waals surface area contributed by atoms with E-state index in [9.17, 15) is 18.3 Å². The summed E-state index contributed by atoms with van der Waals surface area (Å²) < 4.78 is 24.3. The molecule has 6 nitrogen and oxygen atoms in total. The maximum atomic E-state index is 12.1. The molecule has 0 spiro atoms. The van der Waals surface area contributed by atoms with Gasteiger partial charge in [0.15, 0.2) is 0 Å². The van der Waals surface area contributed by atoms with Gasteiger partial charge in [0, 0.05) is 24.9 Å². The highest BCUT2D eigenvalue weighted by molar-refractivity contribution is 7.91. The summed E-state index contributed by atoms with van der Waals surface area (Å²) in [5, 5.41) is 13.6. The van der Waals surface area contributed by atoms with Gasteiger partial charge in [0.05, 0.1) is 10.8 Å². The number of hydrogen-bond donors (Lipinski definition) is 2. The number of piperidine rings is 1. The van der Waals surface area contributed by atoms with Crippen molar-refractivity contribution in [1.29, 1.82) is 0 Å². The van der Waals surface area contributed by atoms with E-state index in [2.05, 4.69) is 64.8 Å². The highest BCUT2D eigenvalue weighted by atomic mass is 32.2. The Morgan fingerprint density at radius 1 is 0.882 bits per heavy atom. The summed E-state index contributed by atoms with van der Waals surface area (Å²) in [5.74, 6) is 3.37. The zero-order valence-electron chi connectivity index (χ0n) is 33.1. The molecule has 6 aliphatic rings. The number of nitrogens with one attached hydrogen (secondary N) is 1. The van der Waals surface area contributed by atoms with Crippen molar-refractivity contribution in [2.75, 3.05) is 32.4 Å². The van der Waals surface area contributed by atoms with Crippen LogP contribution in [0.4, 0.5) is 0 Å². The molecule has 0 aromatic heterocycles. The molecule has 51 heavy (non-hydrogen) atoms. The maximum absolute atomic E-state index is 12.1. The highest BCUT2D eigenvalue weighted by Gasteiger charge is 2.70. The van der Waals surface area contributed by atoms with Gasteiger partial charge < -0.3 is 15.3 Å². The lowest BCUT2D eigenvalue weighted by atomic mass is 9.33. The number of carboxylic acid groups (broad SMARTS) is 1. The molecule has 9 atom stereocenters. The van der Waals surface area contributed by atoms with Crippen LogP contribution in [0.15, 0.2) is 30.3 Å². The first-order chi connectivity index (χ1) is 23.9. The van der Waals surface area contributed by atoms with Gasteiger partial charge in [0.25, 0.3) is 0 Å². The Kier molecular flexibility index (Phi) is 9.56. The second-order valence-electron chi connectivity index (χ2n) is 20.0. The molecule has 0 unspecified atom stereocenters. The predicted molar refractivity (Wildman–Crippen MR) is 208 cm³/mol. The first-order valence-electron chi connectivity index (χ1n) is 20.6. The molecule has 1 aromatic carbocycles. The molecule has 7 rings (SSSR count). The quantitative estimate of drug-likeness (QED) is 0.279. The molecule has 0 amide bonds. The van der Waals surface area contributed by atoms with Crippen molar-refractivity contribution in [2.24, 2.45) is 57.2 Å². The Balaban J connectivity index is 1.12. The minimum absolute atomic E-state index is 0.0245. The van der Waals surface area contributed by atoms with Crippen LogP contribution in [0.1, 0.15) is 135 Å². The number of nitrogens with zero attached hydrogens (tertiary/aromatic N) is 1. The fraction of sp³-hybridized carbons (Fsp3) is 0.795. The average molecular weight is 721 g/mol. The third kappa shape index (κ3) is 5.92. The number of likely N-dealkylation sites (tertiary alicyclic amines) is 1. The first-order valence-corrected chi connectivity index (χ1v) is 22.5. The summed E-state index contributed by atoms with van der Waals surface area (Å²) in [6.07, 6.45) is 17.1. The molecular weight excluding hydrogens is 653 g/mol. The molecule has 1 aliphatic heterocycles. The summed E-state index contributed by atoms with van der Waals surface area (Å²) in [7, 11) is -2.94. The van der Waals surface area contributed by atoms with E-state index in [1.54, 1.807) is 12.1 Å². The van der Waals surface area contributed by atoms with Crippen LogP contribution < -0.4 is 5.32 Å². The van der Waals surface area contributed by atoms with E-state index >= 15 is 0 Å². The lowest BCUT2D eigenvalue weighted by Gasteiger charge is -2.72. The largest absolute Gasteiger partial charge is 0.478 e. The van der Waals surface area contributed by atoms with E-state index in [-0.39, 0.29) is 21.6 Å². The van der Waals surface area contributed by atoms with Crippen molar-refractivity contribution in [2.45, 2.75) is 130 Å². The number of sulfone groups is 1. The monoisotopic (exact) mass is 720 g/mol. The van der Waals surface area contributed by atoms with Gasteiger partial charge in [0.2, 0.25) is 0 Å². The van der Waals surface area contributed by atoms with Crippen LogP contribution in [0.5, 0.6) is 0 Å². The first kappa shape index (κ1) is 37.6. The van der Waals surface area contributed by atoms with E-state index < -0.39 is 15.8 Å². The standard InChI is InChI=1S/C44H68N2O4S/c1-29(2)33-15-22-44(45-25-28-46-26-18-32(19-27-46)51(8,49)50)24-23-42(6)35(38(33)44)13-14-37-41(5)20-16-34(30-9-11-31(12-10-30)39(47)48)40(3,4)36(41)17-21-43(37,42)7/h9-12,16,29,32-33,35-38,45H,13-15,17-28H2,1-8H3,(H,47,48)/t33-,35+,36-,37+,38+,41-,42+,43+,44-/m0/s1. The van der Waals surface area contributed by atoms with Crippen molar-refractivity contribution in [1.82, 2.24) is 10.2 Å². The molecule has 2 N–H and O–H groups in total. The van der Waals surface area contributed by atoms with Crippen LogP contribution in [0.2, 0.25) is 0 Å². The summed E-state index contributed by atoms with van der Waals surface area (Å²) in [5.41, 5.74) is 4.09. The molecule has 4 saturated carbocycles. The van der Waals surface area contributed by atoms with Gasteiger partial charge in [0.1, 0.15) is 9.84 Å². The molecule has 1 saturated heterocycles. The second-order valence-corrected chi connectivity index (χ2v) is 22.3. The number of aromatic carboxylic acids is 1. The number of fused-ring (bicyclic) bond motifs is 7. The van der Waals surface area contributed by atoms with Crippen LogP contribution >= 0.6 is 0 Å². The number of carbonyl (C=O) groups is 1. The van der Waals surface area contributed by atoms with Crippen molar-refractivity contribution < 1.29 is 18.3 Å². The van der Waals surface area contributed by atoms with Crippen LogP contribution in [0, 0.1) is 57.2 Å². The third-order valence-corrected chi connectivity index (χ3v) is 19.1. The summed E-state index contributed by atoms with van der Waals surface area (Å²) in [6.45, 7) is 21.9. The smallest absolute Gasteiger partial charge is 0.335 e. The second kappa shape index (κ2) is 13.0. The van der Waals surface area contributed by atoms with Gasteiger partial charge in [-0.25, -0.2) is 13.2 Å². The van der Waals surface area contributed by atoms with Gasteiger partial charge in [-0.3, -0.25) is 0 Å². The van der Waals surface area contributed by atoms with E-state index in [1.807, 2.05) is 12.1 Å². The van der Waals surface area contributed by atoms with E-state index in [1.165, 1.54) is 68.8 Å². The maximum Gasteiger partial charge on any atom is 0.335 e. The molecule has 0 bridgehead atoms. The van der Waals surface area contributed by atoms with Gasteiger partial charge in [-0.15, -0.1) is 0 Å². The Bertz CT molecular complexity index is 1630. The summed E-state index contributed by atoms with van der Waals surface area (Å²) in [4.78, 5) is 14.1. The molecule has 284 valence electrons. The summed E-state index contributed by atoms with van der Waals surface area (Å²) >= 11 is 0. The molecule has 0 radical (unpaired) electrons. The minimum Gasteiger partial charge on any atom is -0.478 e. The zero-order valence-corrected chi connectivity index (χ0v) is 33.9. The molecule has 5 aliphatic carbocycles. The zero-order chi connectivity index (χ0) is 36.8. The fourth-order valence-electron chi connectivity index (χ4n) is 14.6. The lowest BCUT2D eigenvalue weighted by molar-refractivity contribution is -0.221. The molecule has 1 aromatic rings. The van der Waals surface area contributed by atoms with Crippen LogP contribution in [0.25, 0.3) is 5.57 Å². The highest BCUT2D eigenvalue weighted by Crippen LogP contribution is 2.76. The topological polar surface area (TPSA) is 86.7 Å². The van der Waals surface area contributed by atoms with Gasteiger partial charge >= 0.3 is 5.97 Å². The van der Waals surface area contributed by atoms with Gasteiger partial charge in [-0.05, 0) is 164 Å². The Morgan fingerprint density at radius 2 is 1.57 bits per heavy atom. The third-order valence-electron chi connectivity index (χ3n) is 17.4. The SMILES string of the molecule is CC(C)[C@@H]1CC[C@]2(NCCN3CCC(S(C)(=O)=O)CC3)CC[C@]3(C)[C@H](CC[C@@H]4[C@@]5(C)CC=C(c6ccc(C(=O)O)cc6)C(C)(C)[C@@H]5CC[C@]43C)[C@@H]12. The van der Waals surface area contributed by atoms with E-state index in [4.69, 9.17) is 0 Å². The van der Waals surface area contributed by atoms with Crippen molar-refractivity contribution >= 4 is 21.4 Å². The van der Waals surface area contributed by atoms with E-state index in [0.29, 0.717) is 34.1 Å². The number of hydrogen-bond acceptors (Lipinski definition) is 5. The van der Waals surface area contributed by atoms with Crippen molar-refractivity contribution in [3.8, 4) is 0 Å². The molecule has 1 heterocycles. The number of carboxylic acids is 1. The number of rotatable bonds is 8. The lowest BCUT2D eigenvalue weighted by Crippen LogP contribution is -2.68. The van der Waals surface area contributed by atoms with Crippen LogP contribution in [-0.2, 0) is 9.84 Å². The van der Waals surface area contributed by atoms with Crippen LogP contribution in [0.3, 0.4) is 0 Å². The fourth-order valence-corrected chi connectivity index (χ4v) is 15.7. The number of benzene rings is 1. The van der Waals surface area contributed by atoms with Crippen molar-refractivity contribution in [3.05, 3.63) is 41.5 Å². The number of allylic oxidation sites excluding steroid dienone is 2. The van der Waals surface area contributed by atoms with E-state index in [0.717, 1.165) is 63.2 Å². The Labute approximate surface area is 309 Å². The Hall–Kier alpha value is -1.70. The van der Waals surface area contributed by atoms with Gasteiger partial charge in [-0.1, -0.05) is 66.7 Å². The van der Waals surface area contributed by atoms with Gasteiger partial charge in [-0.2, -0.15) is 0 Å². The van der Waals surface area contributed by atoms with Crippen molar-refractivity contribution in [3.63, 3.8) is 0 Å². The summed E-state index contributed by atoms with van der Waals surface area (Å²) in [6, 6.07) is 7.62. The predicted octanol–water partition coefficient (Wildman–Crippen LogP) is 8.97. The Morgan fingerprint density at radius 3 is 2.20 bits per heavy atom.